The lowest BCUT2D eigenvalue weighted by atomic mass is 10.0. The first-order valence-corrected chi connectivity index (χ1v) is 8.38. The predicted molar refractivity (Wildman–Crippen MR) is 101 cm³/mol. The van der Waals surface area contributed by atoms with E-state index in [4.69, 9.17) is 0 Å². The van der Waals surface area contributed by atoms with Crippen LogP contribution in [0.4, 0.5) is 11.4 Å². The predicted octanol–water partition coefficient (Wildman–Crippen LogP) is 1.99. The Kier molecular flexibility index (Phi) is 3.06. The molecule has 0 aromatic heterocycles. The number of carbonyl (C=O) groups excluding carboxylic acids is 2. The first-order chi connectivity index (χ1) is 12.7. The summed E-state index contributed by atoms with van der Waals surface area (Å²) >= 11 is 0. The second kappa shape index (κ2) is 5.43. The minimum absolute atomic E-state index is 0.123. The van der Waals surface area contributed by atoms with E-state index in [0.29, 0.717) is 11.1 Å². The molecular weight excluding hydrogens is 324 g/mol. The summed E-state index contributed by atoms with van der Waals surface area (Å²) in [5.74, 6) is -0.245. The maximum atomic E-state index is 12.5. The Morgan fingerprint density at radius 2 is 0.923 bits per heavy atom. The van der Waals surface area contributed by atoms with Crippen molar-refractivity contribution >= 4 is 34.3 Å². The van der Waals surface area contributed by atoms with Gasteiger partial charge >= 0.3 is 0 Å². The molecule has 0 radical (unpaired) electrons. The second-order valence-electron chi connectivity index (χ2n) is 6.33. The zero-order valence-electron chi connectivity index (χ0n) is 13.7. The Balaban J connectivity index is 1.81. The average Bonchev–Trinajstić information content (AvgIpc) is 3.15. The fourth-order valence-corrected chi connectivity index (χ4v) is 3.62. The Labute approximate surface area is 149 Å². The molecule has 4 nitrogen and oxygen atoms in total. The SMILES string of the molecule is O=C1Nc2cc3c(cc2=C1c1ccccc1)NC(=O)C=3c1ccccc1. The Hall–Kier alpha value is -3.66. The maximum Gasteiger partial charge on any atom is 0.256 e. The van der Waals surface area contributed by atoms with Gasteiger partial charge in [-0.2, -0.15) is 0 Å². The van der Waals surface area contributed by atoms with E-state index in [2.05, 4.69) is 10.6 Å². The smallest absolute Gasteiger partial charge is 0.256 e. The molecule has 124 valence electrons. The van der Waals surface area contributed by atoms with Crippen molar-refractivity contribution in [2.24, 2.45) is 0 Å². The summed E-state index contributed by atoms with van der Waals surface area (Å²) in [6, 6.07) is 22.9. The van der Waals surface area contributed by atoms with Crippen LogP contribution in [0, 0.1) is 0 Å². The van der Waals surface area contributed by atoms with Crippen molar-refractivity contribution in [2.45, 2.75) is 0 Å². The molecule has 2 amide bonds. The largest absolute Gasteiger partial charge is 0.321 e. The normalized spacial score (nSPS) is 14.8. The molecule has 2 aliphatic heterocycles. The molecule has 26 heavy (non-hydrogen) atoms. The molecule has 0 atom stereocenters. The number of rotatable bonds is 2. The van der Waals surface area contributed by atoms with Crippen molar-refractivity contribution in [1.82, 2.24) is 0 Å². The van der Waals surface area contributed by atoms with Crippen molar-refractivity contribution in [3.05, 3.63) is 94.4 Å². The molecule has 2 heterocycles. The van der Waals surface area contributed by atoms with Gasteiger partial charge in [-0.3, -0.25) is 9.59 Å². The number of hydrogen-bond donors (Lipinski definition) is 2. The number of carbonyl (C=O) groups is 2. The van der Waals surface area contributed by atoms with Gasteiger partial charge in [-0.15, -0.1) is 0 Å². The van der Waals surface area contributed by atoms with Crippen LogP contribution < -0.4 is 21.1 Å². The molecule has 5 rings (SSSR count). The van der Waals surface area contributed by atoms with E-state index in [9.17, 15) is 9.59 Å². The van der Waals surface area contributed by atoms with Crippen LogP contribution in [0.15, 0.2) is 72.8 Å². The van der Waals surface area contributed by atoms with E-state index in [1.54, 1.807) is 0 Å². The zero-order valence-corrected chi connectivity index (χ0v) is 13.7. The van der Waals surface area contributed by atoms with Gasteiger partial charge in [0, 0.05) is 21.8 Å². The first-order valence-electron chi connectivity index (χ1n) is 8.38. The van der Waals surface area contributed by atoms with Gasteiger partial charge in [-0.25, -0.2) is 0 Å². The van der Waals surface area contributed by atoms with E-state index in [-0.39, 0.29) is 11.8 Å². The van der Waals surface area contributed by atoms with E-state index < -0.39 is 0 Å². The monoisotopic (exact) mass is 338 g/mol. The number of amides is 2. The Morgan fingerprint density at radius 3 is 1.31 bits per heavy atom. The van der Waals surface area contributed by atoms with Crippen molar-refractivity contribution in [2.75, 3.05) is 10.6 Å². The van der Waals surface area contributed by atoms with Gasteiger partial charge in [0.25, 0.3) is 11.8 Å². The molecule has 4 heteroatoms. The fourth-order valence-electron chi connectivity index (χ4n) is 3.62. The molecule has 0 unspecified atom stereocenters. The molecule has 2 aliphatic rings. The summed E-state index contributed by atoms with van der Waals surface area (Å²) in [5.41, 5.74) is 4.45. The van der Waals surface area contributed by atoms with E-state index in [1.807, 2.05) is 72.8 Å². The van der Waals surface area contributed by atoms with Crippen LogP contribution in [-0.2, 0) is 9.59 Å². The quantitative estimate of drug-likeness (QED) is 0.751. The van der Waals surface area contributed by atoms with Crippen LogP contribution in [0.5, 0.6) is 0 Å². The molecule has 0 bridgehead atoms. The third-order valence-electron chi connectivity index (χ3n) is 4.77. The van der Waals surface area contributed by atoms with Crippen molar-refractivity contribution in [3.63, 3.8) is 0 Å². The minimum Gasteiger partial charge on any atom is -0.321 e. The number of fused-ring (bicyclic) bond motifs is 2. The van der Waals surface area contributed by atoms with Crippen LogP contribution >= 0.6 is 0 Å². The van der Waals surface area contributed by atoms with Gasteiger partial charge in [-0.05, 0) is 23.3 Å². The summed E-state index contributed by atoms with van der Waals surface area (Å²) < 4.78 is 0. The number of hydrogen-bond acceptors (Lipinski definition) is 2. The van der Waals surface area contributed by atoms with E-state index in [0.717, 1.165) is 32.9 Å². The highest BCUT2D eigenvalue weighted by Gasteiger charge is 2.27. The molecule has 0 saturated carbocycles. The zero-order chi connectivity index (χ0) is 17.7. The topological polar surface area (TPSA) is 58.2 Å². The van der Waals surface area contributed by atoms with Crippen LogP contribution in [0.1, 0.15) is 11.1 Å². The van der Waals surface area contributed by atoms with E-state index >= 15 is 0 Å². The lowest BCUT2D eigenvalue weighted by molar-refractivity contribution is -0.111. The van der Waals surface area contributed by atoms with Gasteiger partial charge in [0.15, 0.2) is 0 Å². The molecule has 0 saturated heterocycles. The van der Waals surface area contributed by atoms with Crippen LogP contribution in [0.3, 0.4) is 0 Å². The summed E-state index contributed by atoms with van der Waals surface area (Å²) in [6.07, 6.45) is 0. The van der Waals surface area contributed by atoms with Gasteiger partial charge in [0.05, 0.1) is 11.1 Å². The molecule has 0 fully saturated rings. The molecule has 0 aliphatic carbocycles. The summed E-state index contributed by atoms with van der Waals surface area (Å²) in [5, 5.41) is 7.50. The standard InChI is InChI=1S/C22H14N2O2/c25-21-19(13-7-3-1-4-8-13)15-11-18-16(12-17(15)23-21)20(22(26)24-18)14-9-5-2-6-10-14/h1-12H,(H,23,25)(H,24,26). The van der Waals surface area contributed by atoms with Gasteiger partial charge in [0.1, 0.15) is 0 Å². The van der Waals surface area contributed by atoms with E-state index in [1.165, 1.54) is 0 Å². The van der Waals surface area contributed by atoms with Crippen molar-refractivity contribution in [1.29, 1.82) is 0 Å². The second-order valence-corrected chi connectivity index (χ2v) is 6.33. The lowest BCUT2D eigenvalue weighted by Crippen LogP contribution is -2.13. The summed E-state index contributed by atoms with van der Waals surface area (Å²) in [7, 11) is 0. The highest BCUT2D eigenvalue weighted by atomic mass is 16.2. The Morgan fingerprint density at radius 1 is 0.538 bits per heavy atom. The molecule has 0 spiro atoms. The lowest BCUT2D eigenvalue weighted by Gasteiger charge is -2.00. The van der Waals surface area contributed by atoms with Gasteiger partial charge < -0.3 is 10.6 Å². The van der Waals surface area contributed by atoms with Gasteiger partial charge in [-0.1, -0.05) is 60.7 Å². The number of nitrogens with one attached hydrogen (secondary N) is 2. The minimum atomic E-state index is -0.123. The van der Waals surface area contributed by atoms with Crippen LogP contribution in [0.25, 0.3) is 11.1 Å². The number of benzene rings is 3. The highest BCUT2D eigenvalue weighted by Crippen LogP contribution is 2.24. The highest BCUT2D eigenvalue weighted by molar-refractivity contribution is 6.31. The Bertz CT molecular complexity index is 1100. The average molecular weight is 338 g/mol. The molecule has 3 aromatic carbocycles. The number of anilines is 2. The maximum absolute atomic E-state index is 12.5. The van der Waals surface area contributed by atoms with Crippen molar-refractivity contribution in [3.8, 4) is 0 Å². The summed E-state index contributed by atoms with van der Waals surface area (Å²) in [6.45, 7) is 0. The van der Waals surface area contributed by atoms with Gasteiger partial charge in [0.2, 0.25) is 0 Å². The van der Waals surface area contributed by atoms with Crippen LogP contribution in [-0.4, -0.2) is 11.8 Å². The third-order valence-corrected chi connectivity index (χ3v) is 4.77. The fraction of sp³-hybridized carbons (Fsp3) is 0. The summed E-state index contributed by atoms with van der Waals surface area (Å²) in [4.78, 5) is 25.1. The van der Waals surface area contributed by atoms with Crippen LogP contribution in [0.2, 0.25) is 0 Å². The molecule has 3 aromatic rings. The third kappa shape index (κ3) is 2.09. The molecule has 2 N–H and O–H groups in total. The van der Waals surface area contributed by atoms with Crippen molar-refractivity contribution < 1.29 is 9.59 Å². The first kappa shape index (κ1) is 14.7. The molecular formula is C22H14N2O2.